The van der Waals surface area contributed by atoms with Gasteiger partial charge in [0.2, 0.25) is 11.8 Å². The van der Waals surface area contributed by atoms with Crippen molar-refractivity contribution in [2.75, 3.05) is 6.54 Å². The summed E-state index contributed by atoms with van der Waals surface area (Å²) in [6.45, 7) is 5.75. The van der Waals surface area contributed by atoms with Crippen LogP contribution >= 0.6 is 0 Å². The van der Waals surface area contributed by atoms with Crippen LogP contribution in [-0.4, -0.2) is 57.4 Å². The van der Waals surface area contributed by atoms with E-state index in [9.17, 15) is 28.4 Å². The number of benzene rings is 1. The number of rotatable bonds is 6. The van der Waals surface area contributed by atoms with Crippen LogP contribution in [0.2, 0.25) is 0 Å². The molecule has 2 heterocycles. The number of amides is 3. The van der Waals surface area contributed by atoms with Crippen LogP contribution in [0.25, 0.3) is 10.8 Å². The number of carbonyl (C=O) groups excluding carboxylic acids is 3. The van der Waals surface area contributed by atoms with Crippen LogP contribution in [0.15, 0.2) is 30.5 Å². The molecule has 2 aromatic rings. The Bertz CT molecular complexity index is 1280. The van der Waals surface area contributed by atoms with Gasteiger partial charge in [-0.15, -0.1) is 0 Å². The van der Waals surface area contributed by atoms with Gasteiger partial charge >= 0.3 is 5.92 Å². The molecular formula is C27H32F2N6O3. The Hall–Kier alpha value is -3.68. The molecule has 2 aliphatic rings. The van der Waals surface area contributed by atoms with Gasteiger partial charge in [0.25, 0.3) is 5.91 Å². The summed E-state index contributed by atoms with van der Waals surface area (Å²) >= 11 is 0. The molecule has 5 atom stereocenters. The highest BCUT2D eigenvalue weighted by atomic mass is 19.3. The maximum absolute atomic E-state index is 13.8. The number of likely N-dealkylation sites (tertiary alicyclic amines) is 1. The topological polar surface area (TPSA) is 128 Å². The van der Waals surface area contributed by atoms with Crippen molar-refractivity contribution in [2.24, 2.45) is 17.3 Å². The van der Waals surface area contributed by atoms with Crippen LogP contribution in [0.4, 0.5) is 8.78 Å². The maximum Gasteiger partial charge on any atom is 0.321 e. The molecule has 38 heavy (non-hydrogen) atoms. The minimum absolute atomic E-state index is 0.0662. The summed E-state index contributed by atoms with van der Waals surface area (Å²) < 4.78 is 27.4. The predicted octanol–water partition coefficient (Wildman–Crippen LogP) is 3.12. The third-order valence-electron chi connectivity index (χ3n) is 7.52. The van der Waals surface area contributed by atoms with E-state index in [0.717, 1.165) is 24.6 Å². The van der Waals surface area contributed by atoms with Crippen molar-refractivity contribution in [1.82, 2.24) is 25.7 Å². The zero-order chi connectivity index (χ0) is 27.8. The van der Waals surface area contributed by atoms with E-state index in [2.05, 4.69) is 26.9 Å². The van der Waals surface area contributed by atoms with E-state index in [1.165, 1.54) is 4.90 Å². The first-order valence-electron chi connectivity index (χ1n) is 12.7. The SMILES string of the molecule is CC(F)(F)C(=O)N[C@H](C(=O)N1C[C@@H]2CCC[C@@H]2[C@H]1C(=O)NC(C#N)c1nncc2ccccc12)C(C)(C)C. The molecule has 0 spiro atoms. The summed E-state index contributed by atoms with van der Waals surface area (Å²) in [5, 5.41) is 24.4. The molecule has 202 valence electrons. The summed E-state index contributed by atoms with van der Waals surface area (Å²) in [5.74, 6) is -6.40. The average molecular weight is 527 g/mol. The van der Waals surface area contributed by atoms with Crippen molar-refractivity contribution >= 4 is 28.5 Å². The Kier molecular flexibility index (Phi) is 7.37. The fourth-order valence-electron chi connectivity index (χ4n) is 5.59. The Balaban J connectivity index is 1.63. The van der Waals surface area contributed by atoms with Gasteiger partial charge in [-0.25, -0.2) is 0 Å². The Morgan fingerprint density at radius 2 is 1.84 bits per heavy atom. The highest BCUT2D eigenvalue weighted by molar-refractivity contribution is 5.95. The van der Waals surface area contributed by atoms with Gasteiger partial charge in [0.1, 0.15) is 17.8 Å². The van der Waals surface area contributed by atoms with E-state index in [4.69, 9.17) is 0 Å². The van der Waals surface area contributed by atoms with Crippen LogP contribution in [0.3, 0.4) is 0 Å². The molecule has 1 aliphatic carbocycles. The van der Waals surface area contributed by atoms with E-state index in [1.807, 2.05) is 12.1 Å². The predicted molar refractivity (Wildman–Crippen MR) is 134 cm³/mol. The molecule has 11 heteroatoms. The molecular weight excluding hydrogens is 494 g/mol. The van der Waals surface area contributed by atoms with Crippen molar-refractivity contribution in [3.63, 3.8) is 0 Å². The molecule has 2 fully saturated rings. The summed E-state index contributed by atoms with van der Waals surface area (Å²) in [6, 6.07) is 6.02. The largest absolute Gasteiger partial charge is 0.339 e. The second kappa shape index (κ2) is 10.2. The third kappa shape index (κ3) is 5.30. The standard InChI is InChI=1S/C27H32F2N6O3/c1-26(2,3)22(33-25(38)27(4,28)29)24(37)35-14-16-9-7-11-18(16)21(35)23(36)32-19(12-30)20-17-10-6-5-8-15(17)13-31-34-20/h5-6,8,10,13,16,18-19,21-22H,7,9,11,14H2,1-4H3,(H,32,36)(H,33,38)/t16-,18-,19?,21-,22+/m0/s1. The van der Waals surface area contributed by atoms with Gasteiger partial charge in [-0.3, -0.25) is 14.4 Å². The van der Waals surface area contributed by atoms with E-state index in [0.29, 0.717) is 18.0 Å². The highest BCUT2D eigenvalue weighted by Gasteiger charge is 2.52. The van der Waals surface area contributed by atoms with Crippen molar-refractivity contribution in [3.8, 4) is 6.07 Å². The zero-order valence-corrected chi connectivity index (χ0v) is 21.9. The molecule has 1 saturated heterocycles. The molecule has 1 aliphatic heterocycles. The molecule has 3 amide bonds. The van der Waals surface area contributed by atoms with Crippen molar-refractivity contribution < 1.29 is 23.2 Å². The quantitative estimate of drug-likeness (QED) is 0.595. The second-order valence-electron chi connectivity index (χ2n) is 11.3. The van der Waals surface area contributed by atoms with Crippen LogP contribution in [0.5, 0.6) is 0 Å². The summed E-state index contributed by atoms with van der Waals surface area (Å²) in [5.41, 5.74) is -0.604. The normalized spacial score (nSPS) is 22.9. The fourth-order valence-corrected chi connectivity index (χ4v) is 5.59. The van der Waals surface area contributed by atoms with E-state index >= 15 is 0 Å². The van der Waals surface area contributed by atoms with Crippen LogP contribution in [-0.2, 0) is 14.4 Å². The van der Waals surface area contributed by atoms with Crippen molar-refractivity contribution in [3.05, 3.63) is 36.2 Å². The molecule has 4 rings (SSSR count). The molecule has 2 N–H and O–H groups in total. The fraction of sp³-hybridized carbons (Fsp3) is 0.556. The third-order valence-corrected chi connectivity index (χ3v) is 7.52. The number of hydrogen-bond donors (Lipinski definition) is 2. The molecule has 1 aromatic heterocycles. The molecule has 0 bridgehead atoms. The lowest BCUT2D eigenvalue weighted by Crippen LogP contribution is -2.60. The first-order valence-corrected chi connectivity index (χ1v) is 12.7. The molecule has 9 nitrogen and oxygen atoms in total. The Morgan fingerprint density at radius 1 is 1.13 bits per heavy atom. The summed E-state index contributed by atoms with van der Waals surface area (Å²) in [6.07, 6.45) is 4.02. The minimum atomic E-state index is -3.67. The number of nitrogens with zero attached hydrogens (tertiary/aromatic N) is 4. The molecule has 1 unspecified atom stereocenters. The van der Waals surface area contributed by atoms with Gasteiger partial charge < -0.3 is 15.5 Å². The van der Waals surface area contributed by atoms with Crippen molar-refractivity contribution in [2.45, 2.75) is 71.0 Å². The maximum atomic E-state index is 13.8. The summed E-state index contributed by atoms with van der Waals surface area (Å²) in [4.78, 5) is 41.1. The Labute approximate surface area is 220 Å². The lowest BCUT2D eigenvalue weighted by molar-refractivity contribution is -0.151. The molecule has 0 radical (unpaired) electrons. The van der Waals surface area contributed by atoms with Crippen LogP contribution in [0, 0.1) is 28.6 Å². The van der Waals surface area contributed by atoms with Crippen LogP contribution < -0.4 is 10.6 Å². The minimum Gasteiger partial charge on any atom is -0.339 e. The van der Waals surface area contributed by atoms with E-state index in [1.54, 1.807) is 39.1 Å². The average Bonchev–Trinajstić information content (AvgIpc) is 3.45. The van der Waals surface area contributed by atoms with Gasteiger partial charge in [0.05, 0.1) is 12.3 Å². The Morgan fingerprint density at radius 3 is 2.50 bits per heavy atom. The number of carbonyl (C=O) groups is 3. The van der Waals surface area contributed by atoms with E-state index < -0.39 is 47.2 Å². The second-order valence-corrected chi connectivity index (χ2v) is 11.3. The number of nitrogens with one attached hydrogen (secondary N) is 2. The van der Waals surface area contributed by atoms with E-state index in [-0.39, 0.29) is 18.4 Å². The number of hydrogen-bond acceptors (Lipinski definition) is 6. The molecule has 1 aromatic carbocycles. The zero-order valence-electron chi connectivity index (χ0n) is 21.9. The summed E-state index contributed by atoms with van der Waals surface area (Å²) in [7, 11) is 0. The number of fused-ring (bicyclic) bond motifs is 2. The smallest absolute Gasteiger partial charge is 0.321 e. The van der Waals surface area contributed by atoms with Gasteiger partial charge in [-0.05, 0) is 30.1 Å². The number of aromatic nitrogens is 2. The number of halogens is 2. The first kappa shape index (κ1) is 27.4. The lowest BCUT2D eigenvalue weighted by atomic mass is 9.85. The van der Waals surface area contributed by atoms with Crippen LogP contribution in [0.1, 0.15) is 58.7 Å². The van der Waals surface area contributed by atoms with Gasteiger partial charge in [0, 0.05) is 24.2 Å². The number of nitriles is 1. The van der Waals surface area contributed by atoms with Gasteiger partial charge in [-0.1, -0.05) is 51.5 Å². The first-order chi connectivity index (χ1) is 17.8. The number of alkyl halides is 2. The molecule has 1 saturated carbocycles. The van der Waals surface area contributed by atoms with Crippen molar-refractivity contribution in [1.29, 1.82) is 5.26 Å². The van der Waals surface area contributed by atoms with Gasteiger partial charge in [-0.2, -0.15) is 24.2 Å². The monoisotopic (exact) mass is 526 g/mol. The highest BCUT2D eigenvalue weighted by Crippen LogP contribution is 2.43. The lowest BCUT2D eigenvalue weighted by Gasteiger charge is -2.36. The van der Waals surface area contributed by atoms with Gasteiger partial charge in [0.15, 0.2) is 6.04 Å².